The maximum Gasteiger partial charge on any atom is 0.259 e. The van der Waals surface area contributed by atoms with Crippen molar-refractivity contribution in [2.45, 2.75) is 13.8 Å². The average Bonchev–Trinajstić information content (AvgIpc) is 3.33. The summed E-state index contributed by atoms with van der Waals surface area (Å²) in [6.45, 7) is 3.70. The lowest BCUT2D eigenvalue weighted by Crippen LogP contribution is -2.13. The van der Waals surface area contributed by atoms with E-state index in [-0.39, 0.29) is 11.7 Å². The number of tetrazole rings is 1. The monoisotopic (exact) mass is 377 g/mol. The first-order valence-corrected chi connectivity index (χ1v) is 8.49. The Labute approximate surface area is 159 Å². The number of carbonyl (C=O) groups excluding carboxylic acids is 1. The summed E-state index contributed by atoms with van der Waals surface area (Å²) in [6, 6.07) is 11.4. The topological polar surface area (TPSA) is 90.5 Å². The van der Waals surface area contributed by atoms with Crippen molar-refractivity contribution in [3.05, 3.63) is 77.6 Å². The number of hydrogen-bond donors (Lipinski definition) is 1. The van der Waals surface area contributed by atoms with Gasteiger partial charge < -0.3 is 5.32 Å². The van der Waals surface area contributed by atoms with Gasteiger partial charge in [-0.3, -0.25) is 4.79 Å². The van der Waals surface area contributed by atoms with Gasteiger partial charge in [0.1, 0.15) is 12.1 Å². The molecule has 9 heteroatoms. The molecule has 0 aliphatic carbocycles. The van der Waals surface area contributed by atoms with Gasteiger partial charge in [0.2, 0.25) is 0 Å². The van der Waals surface area contributed by atoms with Crippen LogP contribution in [-0.2, 0) is 0 Å². The molecule has 2 aromatic heterocycles. The molecule has 2 heterocycles. The molecule has 4 aromatic rings. The molecule has 0 aliphatic heterocycles. The maximum absolute atomic E-state index is 13.1. The summed E-state index contributed by atoms with van der Waals surface area (Å²) in [5.41, 5.74) is 4.15. The number of halogens is 1. The minimum atomic E-state index is -0.327. The van der Waals surface area contributed by atoms with Crippen LogP contribution in [-0.4, -0.2) is 35.9 Å². The van der Waals surface area contributed by atoms with Crippen LogP contribution in [0.2, 0.25) is 0 Å². The third kappa shape index (κ3) is 3.25. The van der Waals surface area contributed by atoms with Crippen molar-refractivity contribution in [2.75, 3.05) is 5.32 Å². The van der Waals surface area contributed by atoms with Crippen molar-refractivity contribution in [3.63, 3.8) is 0 Å². The molecule has 0 saturated heterocycles. The van der Waals surface area contributed by atoms with Gasteiger partial charge in [0.15, 0.2) is 0 Å². The Morgan fingerprint density at radius 1 is 1.11 bits per heavy atom. The molecule has 4 rings (SSSR count). The molecule has 8 nitrogen and oxygen atoms in total. The Kier molecular flexibility index (Phi) is 4.40. The molecule has 0 spiro atoms. The number of nitrogens with zero attached hydrogens (tertiary/aromatic N) is 6. The standard InChI is InChI=1S/C19H16FN7O/c1-12-9-15(5-8-18(12)26-11-21-24-25-26)23-19(28)17-10-22-27(13(17)2)16-6-3-14(20)4-7-16/h3-11H,1-2H3,(H,23,28). The number of rotatable bonds is 4. The summed E-state index contributed by atoms with van der Waals surface area (Å²) in [6.07, 6.45) is 3.00. The van der Waals surface area contributed by atoms with Crippen LogP contribution in [0.5, 0.6) is 0 Å². The Bertz CT molecular complexity index is 1130. The van der Waals surface area contributed by atoms with E-state index in [0.29, 0.717) is 22.6 Å². The summed E-state index contributed by atoms with van der Waals surface area (Å²) in [5.74, 6) is -0.604. The largest absolute Gasteiger partial charge is 0.322 e. The van der Waals surface area contributed by atoms with E-state index in [1.165, 1.54) is 24.7 Å². The fourth-order valence-corrected chi connectivity index (χ4v) is 2.94. The van der Waals surface area contributed by atoms with E-state index >= 15 is 0 Å². The SMILES string of the molecule is Cc1cc(NC(=O)c2cnn(-c3ccc(F)cc3)c2C)ccc1-n1cnnn1. The number of aryl methyl sites for hydroxylation is 1. The highest BCUT2D eigenvalue weighted by atomic mass is 19.1. The quantitative estimate of drug-likeness (QED) is 0.591. The molecular formula is C19H16FN7O. The highest BCUT2D eigenvalue weighted by molar-refractivity contribution is 6.05. The minimum Gasteiger partial charge on any atom is -0.322 e. The average molecular weight is 377 g/mol. The molecule has 0 saturated carbocycles. The first kappa shape index (κ1) is 17.5. The van der Waals surface area contributed by atoms with E-state index in [1.54, 1.807) is 34.5 Å². The predicted molar refractivity (Wildman–Crippen MR) is 100 cm³/mol. The molecule has 2 aromatic carbocycles. The van der Waals surface area contributed by atoms with Crippen molar-refractivity contribution < 1.29 is 9.18 Å². The predicted octanol–water partition coefficient (Wildman–Crippen LogP) is 2.86. The smallest absolute Gasteiger partial charge is 0.259 e. The Morgan fingerprint density at radius 2 is 1.89 bits per heavy atom. The normalized spacial score (nSPS) is 10.8. The third-order valence-electron chi connectivity index (χ3n) is 4.38. The van der Waals surface area contributed by atoms with Crippen LogP contribution < -0.4 is 5.32 Å². The molecule has 28 heavy (non-hydrogen) atoms. The van der Waals surface area contributed by atoms with Crippen LogP contribution >= 0.6 is 0 Å². The second-order valence-corrected chi connectivity index (χ2v) is 6.24. The van der Waals surface area contributed by atoms with Crippen molar-refractivity contribution in [2.24, 2.45) is 0 Å². The summed E-state index contributed by atoms with van der Waals surface area (Å²) in [5, 5.41) is 18.2. The number of anilines is 1. The Hall–Kier alpha value is -3.88. The molecule has 0 bridgehead atoms. The van der Waals surface area contributed by atoms with Gasteiger partial charge in [-0.1, -0.05) is 0 Å². The zero-order valence-corrected chi connectivity index (χ0v) is 15.2. The first-order valence-electron chi connectivity index (χ1n) is 8.49. The van der Waals surface area contributed by atoms with E-state index in [1.807, 2.05) is 19.1 Å². The van der Waals surface area contributed by atoms with Gasteiger partial charge in [0.05, 0.1) is 28.8 Å². The molecule has 0 fully saturated rings. The second kappa shape index (κ2) is 7.03. The number of aromatic nitrogens is 6. The van der Waals surface area contributed by atoms with Crippen LogP contribution in [0.4, 0.5) is 10.1 Å². The molecule has 0 radical (unpaired) electrons. The molecule has 1 N–H and O–H groups in total. The van der Waals surface area contributed by atoms with Gasteiger partial charge >= 0.3 is 0 Å². The van der Waals surface area contributed by atoms with E-state index in [2.05, 4.69) is 25.9 Å². The van der Waals surface area contributed by atoms with Gasteiger partial charge in [-0.2, -0.15) is 5.10 Å². The molecule has 0 atom stereocenters. The van der Waals surface area contributed by atoms with Crippen LogP contribution in [0.1, 0.15) is 21.6 Å². The molecule has 0 unspecified atom stereocenters. The van der Waals surface area contributed by atoms with Gasteiger partial charge in [-0.25, -0.2) is 13.8 Å². The fraction of sp³-hybridized carbons (Fsp3) is 0.105. The molecular weight excluding hydrogens is 361 g/mol. The number of carbonyl (C=O) groups is 1. The van der Waals surface area contributed by atoms with Crippen molar-refractivity contribution >= 4 is 11.6 Å². The van der Waals surface area contributed by atoms with Crippen LogP contribution in [0.15, 0.2) is 55.0 Å². The third-order valence-corrected chi connectivity index (χ3v) is 4.38. The molecule has 1 amide bonds. The molecule has 140 valence electrons. The summed E-state index contributed by atoms with van der Waals surface area (Å²) in [7, 11) is 0. The van der Waals surface area contributed by atoms with Gasteiger partial charge in [0, 0.05) is 5.69 Å². The summed E-state index contributed by atoms with van der Waals surface area (Å²) >= 11 is 0. The number of hydrogen-bond acceptors (Lipinski definition) is 5. The van der Waals surface area contributed by atoms with Crippen molar-refractivity contribution in [1.29, 1.82) is 0 Å². The van der Waals surface area contributed by atoms with E-state index in [0.717, 1.165) is 11.3 Å². The van der Waals surface area contributed by atoms with Crippen LogP contribution in [0, 0.1) is 19.7 Å². The van der Waals surface area contributed by atoms with Crippen LogP contribution in [0.25, 0.3) is 11.4 Å². The van der Waals surface area contributed by atoms with E-state index in [4.69, 9.17) is 0 Å². The summed E-state index contributed by atoms with van der Waals surface area (Å²) in [4.78, 5) is 12.7. The number of benzene rings is 2. The zero-order valence-electron chi connectivity index (χ0n) is 15.2. The zero-order chi connectivity index (χ0) is 19.7. The minimum absolute atomic E-state index is 0.277. The Morgan fingerprint density at radius 3 is 2.57 bits per heavy atom. The highest BCUT2D eigenvalue weighted by Gasteiger charge is 2.16. The first-order chi connectivity index (χ1) is 13.5. The van der Waals surface area contributed by atoms with Gasteiger partial charge in [-0.15, -0.1) is 5.10 Å². The van der Waals surface area contributed by atoms with E-state index < -0.39 is 0 Å². The second-order valence-electron chi connectivity index (χ2n) is 6.24. The fourth-order valence-electron chi connectivity index (χ4n) is 2.94. The van der Waals surface area contributed by atoms with Gasteiger partial charge in [0.25, 0.3) is 5.91 Å². The lowest BCUT2D eigenvalue weighted by Gasteiger charge is -2.09. The maximum atomic E-state index is 13.1. The summed E-state index contributed by atoms with van der Waals surface area (Å²) < 4.78 is 16.3. The van der Waals surface area contributed by atoms with Crippen molar-refractivity contribution in [3.8, 4) is 11.4 Å². The molecule has 0 aliphatic rings. The van der Waals surface area contributed by atoms with Gasteiger partial charge in [-0.05, 0) is 72.3 Å². The lowest BCUT2D eigenvalue weighted by molar-refractivity contribution is 0.102. The number of amides is 1. The van der Waals surface area contributed by atoms with Crippen molar-refractivity contribution in [1.82, 2.24) is 30.0 Å². The number of nitrogens with one attached hydrogen (secondary N) is 1. The highest BCUT2D eigenvalue weighted by Crippen LogP contribution is 2.20. The van der Waals surface area contributed by atoms with E-state index in [9.17, 15) is 9.18 Å². The van der Waals surface area contributed by atoms with Crippen LogP contribution in [0.3, 0.4) is 0 Å². The Balaban J connectivity index is 1.56. The lowest BCUT2D eigenvalue weighted by atomic mass is 10.1.